The number of aliphatic carboxylic acids is 1. The standard InChI is InChI=1S/C14H17FN2O3/c15-11-4-2-1-3-10(11)12(6-14(19)20)17-8-9(7-16)5-13(17)18/h1-4,9,12H,5-8,16H2,(H,19,20). The van der Waals surface area contributed by atoms with E-state index in [9.17, 15) is 14.0 Å². The van der Waals surface area contributed by atoms with Gasteiger partial charge in [0.1, 0.15) is 5.82 Å². The van der Waals surface area contributed by atoms with E-state index in [1.807, 2.05) is 0 Å². The third kappa shape index (κ3) is 2.96. The second-order valence-electron chi connectivity index (χ2n) is 4.99. The van der Waals surface area contributed by atoms with Gasteiger partial charge in [0.25, 0.3) is 0 Å². The molecule has 20 heavy (non-hydrogen) atoms. The second kappa shape index (κ2) is 6.00. The first-order chi connectivity index (χ1) is 9.52. The van der Waals surface area contributed by atoms with Crippen LogP contribution in [0, 0.1) is 11.7 Å². The molecule has 1 aliphatic heterocycles. The maximum atomic E-state index is 13.9. The number of hydrogen-bond donors (Lipinski definition) is 2. The molecule has 0 aromatic heterocycles. The molecule has 5 nitrogen and oxygen atoms in total. The molecule has 1 saturated heterocycles. The molecule has 1 aromatic rings. The molecular weight excluding hydrogens is 263 g/mol. The Balaban J connectivity index is 2.31. The smallest absolute Gasteiger partial charge is 0.305 e. The van der Waals surface area contributed by atoms with E-state index in [0.29, 0.717) is 19.5 Å². The summed E-state index contributed by atoms with van der Waals surface area (Å²) in [6.45, 7) is 0.737. The van der Waals surface area contributed by atoms with Crippen LogP contribution in [0.1, 0.15) is 24.4 Å². The van der Waals surface area contributed by atoms with E-state index in [0.717, 1.165) is 0 Å². The number of halogens is 1. The van der Waals surface area contributed by atoms with Crippen LogP contribution in [-0.4, -0.2) is 35.0 Å². The van der Waals surface area contributed by atoms with Crippen LogP contribution in [0.4, 0.5) is 4.39 Å². The quantitative estimate of drug-likeness (QED) is 0.847. The minimum absolute atomic E-state index is 0.00516. The zero-order chi connectivity index (χ0) is 14.7. The van der Waals surface area contributed by atoms with Crippen molar-refractivity contribution >= 4 is 11.9 Å². The van der Waals surface area contributed by atoms with Crippen LogP contribution in [0.5, 0.6) is 0 Å². The van der Waals surface area contributed by atoms with Gasteiger partial charge < -0.3 is 15.7 Å². The summed E-state index contributed by atoms with van der Waals surface area (Å²) in [6, 6.07) is 5.18. The van der Waals surface area contributed by atoms with E-state index in [1.54, 1.807) is 6.07 Å². The molecule has 0 spiro atoms. The predicted octanol–water partition coefficient (Wildman–Crippen LogP) is 1.15. The van der Waals surface area contributed by atoms with Crippen molar-refractivity contribution in [1.82, 2.24) is 4.90 Å². The Hall–Kier alpha value is -1.95. The van der Waals surface area contributed by atoms with Crippen LogP contribution in [-0.2, 0) is 9.59 Å². The molecule has 2 unspecified atom stereocenters. The molecule has 1 heterocycles. The zero-order valence-corrected chi connectivity index (χ0v) is 11.0. The number of amides is 1. The van der Waals surface area contributed by atoms with Gasteiger partial charge in [0.15, 0.2) is 0 Å². The molecule has 1 fully saturated rings. The molecule has 6 heteroatoms. The van der Waals surface area contributed by atoms with E-state index < -0.39 is 17.8 Å². The summed E-state index contributed by atoms with van der Waals surface area (Å²) >= 11 is 0. The minimum Gasteiger partial charge on any atom is -0.481 e. The number of carbonyl (C=O) groups is 2. The van der Waals surface area contributed by atoms with Crippen LogP contribution < -0.4 is 5.73 Å². The topological polar surface area (TPSA) is 83.6 Å². The lowest BCUT2D eigenvalue weighted by Crippen LogP contribution is -2.33. The highest BCUT2D eigenvalue weighted by atomic mass is 19.1. The van der Waals surface area contributed by atoms with Crippen LogP contribution in [0.15, 0.2) is 24.3 Å². The summed E-state index contributed by atoms with van der Waals surface area (Å²) in [5.74, 6) is -1.73. The molecule has 1 amide bonds. The van der Waals surface area contributed by atoms with Crippen molar-refractivity contribution in [3.05, 3.63) is 35.6 Å². The fraction of sp³-hybridized carbons (Fsp3) is 0.429. The van der Waals surface area contributed by atoms with Crippen molar-refractivity contribution in [3.8, 4) is 0 Å². The molecule has 3 N–H and O–H groups in total. The number of rotatable bonds is 5. The van der Waals surface area contributed by atoms with Crippen molar-refractivity contribution in [2.24, 2.45) is 11.7 Å². The van der Waals surface area contributed by atoms with Gasteiger partial charge in [0.2, 0.25) is 5.91 Å². The summed E-state index contributed by atoms with van der Waals surface area (Å²) in [5, 5.41) is 9.02. The lowest BCUT2D eigenvalue weighted by Gasteiger charge is -2.27. The highest BCUT2D eigenvalue weighted by Crippen LogP contribution is 2.32. The molecule has 108 valence electrons. The highest BCUT2D eigenvalue weighted by molar-refractivity contribution is 5.80. The van der Waals surface area contributed by atoms with E-state index in [4.69, 9.17) is 10.8 Å². The predicted molar refractivity (Wildman–Crippen MR) is 70.3 cm³/mol. The molecule has 1 aromatic carbocycles. The summed E-state index contributed by atoms with van der Waals surface area (Å²) in [5.41, 5.74) is 5.80. The lowest BCUT2D eigenvalue weighted by atomic mass is 10.0. The van der Waals surface area contributed by atoms with Crippen molar-refractivity contribution in [2.75, 3.05) is 13.1 Å². The average molecular weight is 280 g/mol. The van der Waals surface area contributed by atoms with E-state index in [1.165, 1.54) is 23.1 Å². The molecule has 2 rings (SSSR count). The number of likely N-dealkylation sites (tertiary alicyclic amines) is 1. The van der Waals surface area contributed by atoms with Crippen molar-refractivity contribution in [3.63, 3.8) is 0 Å². The maximum Gasteiger partial charge on any atom is 0.305 e. The third-order valence-electron chi connectivity index (χ3n) is 3.58. The molecular formula is C14H17FN2O3. The van der Waals surface area contributed by atoms with E-state index in [2.05, 4.69) is 0 Å². The Labute approximate surface area is 116 Å². The molecule has 0 radical (unpaired) electrons. The summed E-state index contributed by atoms with van der Waals surface area (Å²) < 4.78 is 13.9. The monoisotopic (exact) mass is 280 g/mol. The van der Waals surface area contributed by atoms with Crippen LogP contribution in [0.25, 0.3) is 0 Å². The van der Waals surface area contributed by atoms with Gasteiger partial charge in [-0.3, -0.25) is 9.59 Å². The second-order valence-corrected chi connectivity index (χ2v) is 4.99. The molecule has 0 bridgehead atoms. The SMILES string of the molecule is NCC1CC(=O)N(C(CC(=O)O)c2ccccc2F)C1. The Bertz CT molecular complexity index is 521. The number of benzene rings is 1. The van der Waals surface area contributed by atoms with Crippen molar-refractivity contribution in [2.45, 2.75) is 18.9 Å². The normalized spacial score (nSPS) is 20.2. The fourth-order valence-corrected chi connectivity index (χ4v) is 2.57. The zero-order valence-electron chi connectivity index (χ0n) is 11.0. The highest BCUT2D eigenvalue weighted by Gasteiger charge is 2.36. The first kappa shape index (κ1) is 14.5. The first-order valence-electron chi connectivity index (χ1n) is 6.48. The molecule has 1 aliphatic rings. The number of carboxylic acids is 1. The van der Waals surface area contributed by atoms with Crippen molar-refractivity contribution < 1.29 is 19.1 Å². The van der Waals surface area contributed by atoms with Crippen LogP contribution in [0.3, 0.4) is 0 Å². The largest absolute Gasteiger partial charge is 0.481 e. The number of carbonyl (C=O) groups excluding carboxylic acids is 1. The molecule has 2 atom stereocenters. The van der Waals surface area contributed by atoms with Gasteiger partial charge in [-0.1, -0.05) is 18.2 Å². The average Bonchev–Trinajstić information content (AvgIpc) is 2.78. The summed E-state index contributed by atoms with van der Waals surface area (Å²) in [7, 11) is 0. The maximum absolute atomic E-state index is 13.9. The fourth-order valence-electron chi connectivity index (χ4n) is 2.57. The Morgan fingerprint density at radius 1 is 1.50 bits per heavy atom. The van der Waals surface area contributed by atoms with Gasteiger partial charge in [-0.2, -0.15) is 0 Å². The van der Waals surface area contributed by atoms with E-state index in [-0.39, 0.29) is 23.8 Å². The van der Waals surface area contributed by atoms with Crippen LogP contribution >= 0.6 is 0 Å². The Kier molecular flexibility index (Phi) is 4.34. The Morgan fingerprint density at radius 2 is 2.20 bits per heavy atom. The molecule has 0 aliphatic carbocycles. The van der Waals surface area contributed by atoms with E-state index >= 15 is 0 Å². The summed E-state index contributed by atoms with van der Waals surface area (Å²) in [6.07, 6.45) is -0.0228. The Morgan fingerprint density at radius 3 is 2.75 bits per heavy atom. The number of hydrogen-bond acceptors (Lipinski definition) is 3. The lowest BCUT2D eigenvalue weighted by molar-refractivity contribution is -0.139. The van der Waals surface area contributed by atoms with Crippen LogP contribution in [0.2, 0.25) is 0 Å². The number of nitrogens with zero attached hydrogens (tertiary/aromatic N) is 1. The van der Waals surface area contributed by atoms with Gasteiger partial charge in [-0.25, -0.2) is 4.39 Å². The van der Waals surface area contributed by atoms with Gasteiger partial charge in [-0.15, -0.1) is 0 Å². The van der Waals surface area contributed by atoms with Gasteiger partial charge in [-0.05, 0) is 18.5 Å². The third-order valence-corrected chi connectivity index (χ3v) is 3.58. The minimum atomic E-state index is -1.07. The van der Waals surface area contributed by atoms with Gasteiger partial charge in [0, 0.05) is 18.5 Å². The first-order valence-corrected chi connectivity index (χ1v) is 6.48. The summed E-state index contributed by atoms with van der Waals surface area (Å²) in [4.78, 5) is 24.5. The number of nitrogens with two attached hydrogens (primary N) is 1. The van der Waals surface area contributed by atoms with Gasteiger partial charge >= 0.3 is 5.97 Å². The number of carboxylic acid groups (broad SMARTS) is 1. The van der Waals surface area contributed by atoms with Crippen molar-refractivity contribution in [1.29, 1.82) is 0 Å². The molecule has 0 saturated carbocycles. The van der Waals surface area contributed by atoms with Gasteiger partial charge in [0.05, 0.1) is 12.5 Å².